The number of aryl methyl sites for hydroxylation is 1. The third-order valence-electron chi connectivity index (χ3n) is 3.84. The molecule has 0 fully saturated rings. The van der Waals surface area contributed by atoms with Crippen LogP contribution in [-0.2, 0) is 6.42 Å². The zero-order chi connectivity index (χ0) is 17.1. The average Bonchev–Trinajstić information content (AvgIpc) is 2.85. The summed E-state index contributed by atoms with van der Waals surface area (Å²) in [5.74, 6) is 0. The number of aromatic nitrogens is 1. The van der Waals surface area contributed by atoms with Gasteiger partial charge in [0.25, 0.3) is 0 Å². The standard InChI is InChI=1S/C18H17BrClN3S/c1-11-15(16-10-13(20)4-7-17(16)22-11)8-9-21-18(24)23-14-5-2-12(19)3-6-14/h2-7,10,22H,8-9H2,1H3,(H2,21,23,24). The lowest BCUT2D eigenvalue weighted by molar-refractivity contribution is 0.871. The van der Waals surface area contributed by atoms with Gasteiger partial charge in [0.2, 0.25) is 0 Å². The summed E-state index contributed by atoms with van der Waals surface area (Å²) in [5.41, 5.74) is 4.51. The fourth-order valence-electron chi connectivity index (χ4n) is 2.69. The largest absolute Gasteiger partial charge is 0.362 e. The van der Waals surface area contributed by atoms with Crippen LogP contribution in [0.5, 0.6) is 0 Å². The molecule has 0 amide bonds. The molecule has 0 aliphatic carbocycles. The summed E-state index contributed by atoms with van der Waals surface area (Å²) in [6.45, 7) is 2.84. The van der Waals surface area contributed by atoms with Crippen LogP contribution in [0.3, 0.4) is 0 Å². The van der Waals surface area contributed by atoms with Crippen LogP contribution in [0.15, 0.2) is 46.9 Å². The van der Waals surface area contributed by atoms with E-state index in [4.69, 9.17) is 23.8 Å². The van der Waals surface area contributed by atoms with Crippen LogP contribution < -0.4 is 10.6 Å². The van der Waals surface area contributed by atoms with E-state index >= 15 is 0 Å². The monoisotopic (exact) mass is 421 g/mol. The zero-order valence-corrected chi connectivity index (χ0v) is 16.3. The van der Waals surface area contributed by atoms with Crippen molar-refractivity contribution in [2.24, 2.45) is 0 Å². The molecule has 2 aromatic carbocycles. The van der Waals surface area contributed by atoms with E-state index in [9.17, 15) is 0 Å². The fraction of sp³-hybridized carbons (Fsp3) is 0.167. The molecule has 3 N–H and O–H groups in total. The molecule has 1 aromatic heterocycles. The van der Waals surface area contributed by atoms with Crippen LogP contribution in [0.1, 0.15) is 11.3 Å². The number of halogens is 2. The summed E-state index contributed by atoms with van der Waals surface area (Å²) in [6, 6.07) is 13.8. The van der Waals surface area contributed by atoms with Gasteiger partial charge in [0.05, 0.1) is 0 Å². The Morgan fingerprint density at radius 2 is 1.96 bits per heavy atom. The minimum Gasteiger partial charge on any atom is -0.362 e. The molecule has 0 unspecified atom stereocenters. The molecule has 24 heavy (non-hydrogen) atoms. The second-order valence-corrected chi connectivity index (χ2v) is 7.32. The molecule has 0 saturated carbocycles. The highest BCUT2D eigenvalue weighted by Crippen LogP contribution is 2.25. The number of fused-ring (bicyclic) bond motifs is 1. The second kappa shape index (κ2) is 7.55. The Balaban J connectivity index is 1.60. The Morgan fingerprint density at radius 1 is 1.21 bits per heavy atom. The average molecular weight is 423 g/mol. The summed E-state index contributed by atoms with van der Waals surface area (Å²) < 4.78 is 1.04. The molecule has 0 aliphatic heterocycles. The van der Waals surface area contributed by atoms with Gasteiger partial charge in [-0.05, 0) is 73.6 Å². The molecule has 124 valence electrons. The van der Waals surface area contributed by atoms with Gasteiger partial charge in [-0.3, -0.25) is 0 Å². The minimum atomic E-state index is 0.618. The smallest absolute Gasteiger partial charge is 0.170 e. The lowest BCUT2D eigenvalue weighted by Gasteiger charge is -2.11. The number of hydrogen-bond donors (Lipinski definition) is 3. The number of rotatable bonds is 4. The van der Waals surface area contributed by atoms with Gasteiger partial charge in [-0.15, -0.1) is 0 Å². The lowest BCUT2D eigenvalue weighted by Crippen LogP contribution is -2.30. The molecular weight excluding hydrogens is 406 g/mol. The summed E-state index contributed by atoms with van der Waals surface area (Å²) >= 11 is 14.9. The number of benzene rings is 2. The highest BCUT2D eigenvalue weighted by atomic mass is 79.9. The van der Waals surface area contributed by atoms with Gasteiger partial charge in [0.15, 0.2) is 5.11 Å². The minimum absolute atomic E-state index is 0.618. The highest BCUT2D eigenvalue weighted by molar-refractivity contribution is 9.10. The van der Waals surface area contributed by atoms with Gasteiger partial charge in [-0.2, -0.15) is 0 Å². The summed E-state index contributed by atoms with van der Waals surface area (Å²) in [6.07, 6.45) is 0.869. The zero-order valence-electron chi connectivity index (χ0n) is 13.1. The molecule has 0 atom stereocenters. The number of aromatic amines is 1. The van der Waals surface area contributed by atoms with E-state index in [0.29, 0.717) is 5.11 Å². The molecule has 6 heteroatoms. The van der Waals surface area contributed by atoms with Gasteiger partial charge >= 0.3 is 0 Å². The number of anilines is 1. The first-order chi connectivity index (χ1) is 11.5. The number of nitrogens with one attached hydrogen (secondary N) is 3. The molecule has 0 bridgehead atoms. The Hall–Kier alpha value is -1.56. The van der Waals surface area contributed by atoms with E-state index in [2.05, 4.69) is 38.5 Å². The van der Waals surface area contributed by atoms with Crippen molar-refractivity contribution in [2.45, 2.75) is 13.3 Å². The van der Waals surface area contributed by atoms with E-state index < -0.39 is 0 Å². The summed E-state index contributed by atoms with van der Waals surface area (Å²) in [4.78, 5) is 3.40. The first-order valence-corrected chi connectivity index (χ1v) is 9.18. The third-order valence-corrected chi connectivity index (χ3v) is 4.85. The van der Waals surface area contributed by atoms with Gasteiger partial charge in [-0.1, -0.05) is 27.5 Å². The Bertz CT molecular complexity index is 874. The molecule has 3 aromatic rings. The van der Waals surface area contributed by atoms with Gasteiger partial charge < -0.3 is 15.6 Å². The molecule has 3 rings (SSSR count). The van der Waals surface area contributed by atoms with Crippen molar-refractivity contribution in [3.05, 3.63) is 63.2 Å². The number of hydrogen-bond acceptors (Lipinski definition) is 1. The van der Waals surface area contributed by atoms with E-state index in [1.54, 1.807) is 0 Å². The van der Waals surface area contributed by atoms with Crippen molar-refractivity contribution >= 4 is 61.5 Å². The van der Waals surface area contributed by atoms with Crippen LogP contribution in [0.25, 0.3) is 10.9 Å². The van der Waals surface area contributed by atoms with Crippen molar-refractivity contribution in [1.82, 2.24) is 10.3 Å². The topological polar surface area (TPSA) is 39.9 Å². The van der Waals surface area contributed by atoms with Crippen molar-refractivity contribution in [1.29, 1.82) is 0 Å². The Labute approximate surface area is 159 Å². The molecule has 3 nitrogen and oxygen atoms in total. The van der Waals surface area contributed by atoms with Gasteiger partial charge in [0, 0.05) is 38.3 Å². The molecule has 1 heterocycles. The maximum absolute atomic E-state index is 6.12. The van der Waals surface area contributed by atoms with Crippen molar-refractivity contribution in [3.8, 4) is 0 Å². The summed E-state index contributed by atoms with van der Waals surface area (Å²) in [5, 5.41) is 8.98. The third kappa shape index (κ3) is 4.09. The molecular formula is C18H17BrClN3S. The molecule has 0 aliphatic rings. The van der Waals surface area contributed by atoms with Gasteiger partial charge in [0.1, 0.15) is 0 Å². The normalized spacial score (nSPS) is 10.8. The van der Waals surface area contributed by atoms with E-state index in [1.165, 1.54) is 16.6 Å². The Morgan fingerprint density at radius 3 is 2.71 bits per heavy atom. The molecule has 0 radical (unpaired) electrons. The second-order valence-electron chi connectivity index (χ2n) is 5.56. The first-order valence-electron chi connectivity index (χ1n) is 7.60. The lowest BCUT2D eigenvalue weighted by atomic mass is 10.1. The van der Waals surface area contributed by atoms with E-state index in [1.807, 2.05) is 42.5 Å². The maximum Gasteiger partial charge on any atom is 0.170 e. The fourth-order valence-corrected chi connectivity index (χ4v) is 3.34. The van der Waals surface area contributed by atoms with Crippen LogP contribution in [0.2, 0.25) is 5.02 Å². The van der Waals surface area contributed by atoms with Crippen LogP contribution in [0.4, 0.5) is 5.69 Å². The van der Waals surface area contributed by atoms with Crippen LogP contribution >= 0.6 is 39.7 Å². The van der Waals surface area contributed by atoms with Crippen molar-refractivity contribution < 1.29 is 0 Å². The number of H-pyrrole nitrogens is 1. The van der Waals surface area contributed by atoms with E-state index in [0.717, 1.165) is 33.7 Å². The first kappa shape index (κ1) is 17.3. The number of thiocarbonyl (C=S) groups is 1. The predicted molar refractivity (Wildman–Crippen MR) is 110 cm³/mol. The van der Waals surface area contributed by atoms with Crippen molar-refractivity contribution in [3.63, 3.8) is 0 Å². The summed E-state index contributed by atoms with van der Waals surface area (Å²) in [7, 11) is 0. The van der Waals surface area contributed by atoms with Crippen molar-refractivity contribution in [2.75, 3.05) is 11.9 Å². The maximum atomic E-state index is 6.12. The molecule has 0 saturated heterocycles. The van der Waals surface area contributed by atoms with Gasteiger partial charge in [-0.25, -0.2) is 0 Å². The van der Waals surface area contributed by atoms with E-state index in [-0.39, 0.29) is 0 Å². The quantitative estimate of drug-likeness (QED) is 0.492. The predicted octanol–water partition coefficient (Wildman–Crippen LogP) is 5.42. The highest BCUT2D eigenvalue weighted by Gasteiger charge is 2.09. The SMILES string of the molecule is Cc1[nH]c2ccc(Cl)cc2c1CCNC(=S)Nc1ccc(Br)cc1. The van der Waals surface area contributed by atoms with Crippen LogP contribution in [0, 0.1) is 6.92 Å². The Kier molecular flexibility index (Phi) is 5.43. The van der Waals surface area contributed by atoms with Crippen LogP contribution in [-0.4, -0.2) is 16.6 Å². The molecule has 0 spiro atoms.